The molecule has 1 heterocycles. The molecule has 2 atom stereocenters. The van der Waals surface area contributed by atoms with Gasteiger partial charge in [0.05, 0.1) is 0 Å². The fourth-order valence-corrected chi connectivity index (χ4v) is 3.44. The van der Waals surface area contributed by atoms with Crippen molar-refractivity contribution in [2.45, 2.75) is 25.8 Å². The van der Waals surface area contributed by atoms with Crippen LogP contribution in [0.5, 0.6) is 0 Å². The summed E-state index contributed by atoms with van der Waals surface area (Å²) in [6.45, 7) is 3.99. The maximum absolute atomic E-state index is 12.8. The first-order valence-electron chi connectivity index (χ1n) is 8.40. The third-order valence-electron chi connectivity index (χ3n) is 4.43. The van der Waals surface area contributed by atoms with Crippen LogP contribution in [-0.4, -0.2) is 54.4 Å². The molecule has 1 fully saturated rings. The predicted molar refractivity (Wildman–Crippen MR) is 106 cm³/mol. The molecule has 0 bridgehead atoms. The number of benzene rings is 1. The molecule has 0 spiro atoms. The number of nitrogens with one attached hydrogen (secondary N) is 1. The minimum atomic E-state index is -0.470. The van der Waals surface area contributed by atoms with Crippen LogP contribution in [0, 0.1) is 12.8 Å². The summed E-state index contributed by atoms with van der Waals surface area (Å²) in [5, 5.41) is 2.93. The van der Waals surface area contributed by atoms with Gasteiger partial charge < -0.3 is 16.0 Å². The van der Waals surface area contributed by atoms with Crippen LogP contribution < -0.4 is 11.1 Å². The number of nitrogens with zero attached hydrogens (tertiary/aromatic N) is 1. The number of nitrogens with two attached hydrogens (primary N) is 1. The van der Waals surface area contributed by atoms with Crippen LogP contribution in [0.2, 0.25) is 0 Å². The lowest BCUT2D eigenvalue weighted by Gasteiger charge is -2.24. The SMILES string of the molecule is CSCCC(NC(=O)c1cccc(C)c1)C(=O)N1CCC(CN)C1.Cl. The summed E-state index contributed by atoms with van der Waals surface area (Å²) >= 11 is 1.68. The Labute approximate surface area is 160 Å². The fourth-order valence-electron chi connectivity index (χ4n) is 2.97. The molecule has 0 radical (unpaired) electrons. The van der Waals surface area contributed by atoms with Crippen molar-refractivity contribution in [1.29, 1.82) is 0 Å². The second-order valence-electron chi connectivity index (χ2n) is 6.35. The van der Waals surface area contributed by atoms with Crippen molar-refractivity contribution in [2.75, 3.05) is 31.6 Å². The molecule has 3 N–H and O–H groups in total. The second kappa shape index (κ2) is 10.7. The largest absolute Gasteiger partial charge is 0.341 e. The van der Waals surface area contributed by atoms with Gasteiger partial charge >= 0.3 is 0 Å². The second-order valence-corrected chi connectivity index (χ2v) is 7.34. The summed E-state index contributed by atoms with van der Waals surface area (Å²) < 4.78 is 0. The van der Waals surface area contributed by atoms with Crippen molar-refractivity contribution >= 4 is 36.0 Å². The highest BCUT2D eigenvalue weighted by atomic mass is 35.5. The summed E-state index contributed by atoms with van der Waals surface area (Å²) in [5.41, 5.74) is 7.34. The molecule has 1 aliphatic rings. The molecule has 5 nitrogen and oxygen atoms in total. The molecule has 1 aliphatic heterocycles. The van der Waals surface area contributed by atoms with Crippen molar-refractivity contribution in [2.24, 2.45) is 11.7 Å². The zero-order valence-corrected chi connectivity index (χ0v) is 16.5. The number of carbonyl (C=O) groups is 2. The molecule has 25 heavy (non-hydrogen) atoms. The van der Waals surface area contributed by atoms with Gasteiger partial charge in [-0.3, -0.25) is 9.59 Å². The molecule has 140 valence electrons. The van der Waals surface area contributed by atoms with Gasteiger partial charge in [0.15, 0.2) is 0 Å². The molecular weight excluding hydrogens is 358 g/mol. The van der Waals surface area contributed by atoms with E-state index in [0.717, 1.165) is 24.3 Å². The smallest absolute Gasteiger partial charge is 0.251 e. The number of carbonyl (C=O) groups excluding carboxylic acids is 2. The number of aryl methyl sites for hydroxylation is 1. The Morgan fingerprint density at radius 1 is 1.44 bits per heavy atom. The number of thioether (sulfide) groups is 1. The average molecular weight is 386 g/mol. The number of hydrogen-bond acceptors (Lipinski definition) is 4. The number of hydrogen-bond donors (Lipinski definition) is 2. The molecule has 1 saturated heterocycles. The predicted octanol–water partition coefficient (Wildman–Crippen LogP) is 2.08. The monoisotopic (exact) mass is 385 g/mol. The first-order chi connectivity index (χ1) is 11.5. The minimum Gasteiger partial charge on any atom is -0.341 e. The molecule has 2 amide bonds. The van der Waals surface area contributed by atoms with E-state index < -0.39 is 6.04 Å². The Kier molecular flexibility index (Phi) is 9.32. The van der Waals surface area contributed by atoms with Gasteiger partial charge in [0.25, 0.3) is 5.91 Å². The molecule has 1 aromatic rings. The quantitative estimate of drug-likeness (QED) is 0.753. The third kappa shape index (κ3) is 6.20. The number of likely N-dealkylation sites (tertiary alicyclic amines) is 1. The molecular formula is C18H28ClN3O2S. The van der Waals surface area contributed by atoms with Gasteiger partial charge in [0, 0.05) is 18.7 Å². The van der Waals surface area contributed by atoms with Crippen LogP contribution in [0.15, 0.2) is 24.3 Å². The van der Waals surface area contributed by atoms with E-state index >= 15 is 0 Å². The first kappa shape index (κ1) is 21.8. The number of rotatable bonds is 7. The van der Waals surface area contributed by atoms with E-state index in [4.69, 9.17) is 5.73 Å². The zero-order valence-electron chi connectivity index (χ0n) is 14.9. The molecule has 0 aliphatic carbocycles. The Morgan fingerprint density at radius 3 is 2.80 bits per heavy atom. The minimum absolute atomic E-state index is 0. The van der Waals surface area contributed by atoms with Gasteiger partial charge in [-0.2, -0.15) is 11.8 Å². The highest BCUT2D eigenvalue weighted by molar-refractivity contribution is 7.98. The zero-order chi connectivity index (χ0) is 17.5. The first-order valence-corrected chi connectivity index (χ1v) is 9.80. The third-order valence-corrected chi connectivity index (χ3v) is 5.07. The summed E-state index contributed by atoms with van der Waals surface area (Å²) in [4.78, 5) is 27.2. The maximum atomic E-state index is 12.8. The van der Waals surface area contributed by atoms with Gasteiger partial charge in [-0.05, 0) is 56.4 Å². The summed E-state index contributed by atoms with van der Waals surface area (Å²) in [7, 11) is 0. The van der Waals surface area contributed by atoms with Gasteiger partial charge in [0.1, 0.15) is 6.04 Å². The highest BCUT2D eigenvalue weighted by Crippen LogP contribution is 2.17. The normalized spacial score (nSPS) is 17.7. The van der Waals surface area contributed by atoms with Crippen LogP contribution in [0.1, 0.15) is 28.8 Å². The van der Waals surface area contributed by atoms with Crippen LogP contribution in [0.25, 0.3) is 0 Å². The van der Waals surface area contributed by atoms with E-state index in [0.29, 0.717) is 31.0 Å². The van der Waals surface area contributed by atoms with Crippen molar-refractivity contribution in [3.8, 4) is 0 Å². The van der Waals surface area contributed by atoms with E-state index in [1.54, 1.807) is 17.8 Å². The lowest BCUT2D eigenvalue weighted by molar-refractivity contribution is -0.132. The molecule has 0 aromatic heterocycles. The van der Waals surface area contributed by atoms with Gasteiger partial charge in [0.2, 0.25) is 5.91 Å². The standard InChI is InChI=1S/C18H27N3O2S.ClH/c1-13-4-3-5-15(10-13)17(22)20-16(7-9-24-2)18(23)21-8-6-14(11-19)12-21;/h3-5,10,14,16H,6-9,11-12,19H2,1-2H3,(H,20,22);1H. The molecule has 0 saturated carbocycles. The molecule has 2 rings (SSSR count). The van der Waals surface area contributed by atoms with E-state index in [-0.39, 0.29) is 24.2 Å². The Balaban J connectivity index is 0.00000312. The molecule has 7 heteroatoms. The molecule has 2 unspecified atom stereocenters. The fraction of sp³-hybridized carbons (Fsp3) is 0.556. The average Bonchev–Trinajstić information content (AvgIpc) is 3.07. The Morgan fingerprint density at radius 2 is 2.20 bits per heavy atom. The van der Waals surface area contributed by atoms with Gasteiger partial charge in [-0.1, -0.05) is 17.7 Å². The summed E-state index contributed by atoms with van der Waals surface area (Å²) in [6.07, 6.45) is 3.59. The highest BCUT2D eigenvalue weighted by Gasteiger charge is 2.31. The summed E-state index contributed by atoms with van der Waals surface area (Å²) in [6, 6.07) is 6.95. The number of amides is 2. The molecule has 1 aromatic carbocycles. The van der Waals surface area contributed by atoms with Crippen molar-refractivity contribution in [3.63, 3.8) is 0 Å². The van der Waals surface area contributed by atoms with Crippen LogP contribution >= 0.6 is 24.2 Å². The lowest BCUT2D eigenvalue weighted by Crippen LogP contribution is -2.48. The van der Waals surface area contributed by atoms with E-state index in [1.165, 1.54) is 0 Å². The van der Waals surface area contributed by atoms with E-state index in [9.17, 15) is 9.59 Å². The van der Waals surface area contributed by atoms with Gasteiger partial charge in [-0.15, -0.1) is 12.4 Å². The summed E-state index contributed by atoms with van der Waals surface area (Å²) in [5.74, 6) is 1.04. The van der Waals surface area contributed by atoms with Crippen LogP contribution in [0.4, 0.5) is 0 Å². The lowest BCUT2D eigenvalue weighted by atomic mass is 10.1. The maximum Gasteiger partial charge on any atom is 0.251 e. The number of halogens is 1. The van der Waals surface area contributed by atoms with Gasteiger partial charge in [-0.25, -0.2) is 0 Å². The van der Waals surface area contributed by atoms with Crippen molar-refractivity contribution in [3.05, 3.63) is 35.4 Å². The van der Waals surface area contributed by atoms with Crippen molar-refractivity contribution in [1.82, 2.24) is 10.2 Å². The van der Waals surface area contributed by atoms with E-state index in [2.05, 4.69) is 5.32 Å². The van der Waals surface area contributed by atoms with Crippen LogP contribution in [0.3, 0.4) is 0 Å². The Bertz CT molecular complexity index is 585. The topological polar surface area (TPSA) is 75.4 Å². The Hall–Kier alpha value is -1.24. The van der Waals surface area contributed by atoms with Crippen molar-refractivity contribution < 1.29 is 9.59 Å². The van der Waals surface area contributed by atoms with Crippen LogP contribution in [-0.2, 0) is 4.79 Å². The van der Waals surface area contributed by atoms with E-state index in [1.807, 2.05) is 36.3 Å².